The third-order valence-corrected chi connectivity index (χ3v) is 4.24. The molecule has 1 saturated carbocycles. The smallest absolute Gasteiger partial charge is 0.254 e. The summed E-state index contributed by atoms with van der Waals surface area (Å²) in [4.78, 5) is 19.1. The number of aliphatic hydroxyl groups excluding tert-OH is 2. The van der Waals surface area contributed by atoms with Crippen LogP contribution in [0, 0.1) is 6.92 Å². The number of amides is 1. The minimum atomic E-state index is -0.159. The second kappa shape index (κ2) is 6.64. The van der Waals surface area contributed by atoms with E-state index in [1.54, 1.807) is 0 Å². The van der Waals surface area contributed by atoms with Gasteiger partial charge in [-0.3, -0.25) is 9.78 Å². The van der Waals surface area contributed by atoms with Gasteiger partial charge in [0.15, 0.2) is 0 Å². The number of aliphatic hydroxyl groups is 2. The van der Waals surface area contributed by atoms with Gasteiger partial charge in [-0.2, -0.15) is 0 Å². The first-order valence-electron chi connectivity index (χ1n) is 8.06. The molecule has 3 rings (SSSR count). The van der Waals surface area contributed by atoms with Crippen LogP contribution in [0.4, 0.5) is 0 Å². The van der Waals surface area contributed by atoms with Crippen LogP contribution in [0.1, 0.15) is 40.4 Å². The highest BCUT2D eigenvalue weighted by Crippen LogP contribution is 2.40. The van der Waals surface area contributed by atoms with Gasteiger partial charge in [0, 0.05) is 30.1 Å². The summed E-state index contributed by atoms with van der Waals surface area (Å²) in [6, 6.07) is 7.82. The van der Waals surface area contributed by atoms with Crippen LogP contribution in [0.15, 0.2) is 24.3 Å². The van der Waals surface area contributed by atoms with Crippen molar-refractivity contribution in [3.63, 3.8) is 0 Å². The zero-order chi connectivity index (χ0) is 16.4. The summed E-state index contributed by atoms with van der Waals surface area (Å²) < 4.78 is 0. The molecule has 1 aromatic carbocycles. The SMILES string of the molecule is Cc1ccc2nc(C3CC3)cc(C(=O)N(CCO)CCO)c2c1. The van der Waals surface area contributed by atoms with Crippen LogP contribution in [0.2, 0.25) is 0 Å². The van der Waals surface area contributed by atoms with Gasteiger partial charge in [0.2, 0.25) is 0 Å². The van der Waals surface area contributed by atoms with E-state index in [9.17, 15) is 15.0 Å². The van der Waals surface area contributed by atoms with Gasteiger partial charge in [0.05, 0.1) is 24.3 Å². The number of carbonyl (C=O) groups is 1. The number of aromatic nitrogens is 1. The summed E-state index contributed by atoms with van der Waals surface area (Å²) in [5.74, 6) is 0.296. The predicted molar refractivity (Wildman–Crippen MR) is 88.5 cm³/mol. The Morgan fingerprint density at radius 1 is 1.22 bits per heavy atom. The zero-order valence-electron chi connectivity index (χ0n) is 13.3. The molecule has 0 radical (unpaired) electrons. The van der Waals surface area contributed by atoms with E-state index in [4.69, 9.17) is 4.98 Å². The molecular weight excluding hydrogens is 292 g/mol. The average molecular weight is 314 g/mol. The topological polar surface area (TPSA) is 73.7 Å². The lowest BCUT2D eigenvalue weighted by Crippen LogP contribution is -2.36. The van der Waals surface area contributed by atoms with Crippen molar-refractivity contribution in [2.45, 2.75) is 25.7 Å². The van der Waals surface area contributed by atoms with Gasteiger partial charge in [-0.05, 0) is 38.0 Å². The third kappa shape index (κ3) is 3.35. The van der Waals surface area contributed by atoms with Gasteiger partial charge in [0.1, 0.15) is 0 Å². The molecule has 2 aromatic rings. The fraction of sp³-hybridized carbons (Fsp3) is 0.444. The Labute approximate surface area is 135 Å². The highest BCUT2D eigenvalue weighted by atomic mass is 16.3. The van der Waals surface area contributed by atoms with Crippen molar-refractivity contribution < 1.29 is 15.0 Å². The van der Waals surface area contributed by atoms with E-state index in [1.807, 2.05) is 31.2 Å². The summed E-state index contributed by atoms with van der Waals surface area (Å²) in [6.07, 6.45) is 2.24. The molecule has 1 fully saturated rings. The van der Waals surface area contributed by atoms with Gasteiger partial charge >= 0.3 is 0 Å². The Kier molecular flexibility index (Phi) is 4.59. The Balaban J connectivity index is 2.09. The number of aryl methyl sites for hydroxylation is 1. The molecule has 1 amide bonds. The number of fused-ring (bicyclic) bond motifs is 1. The maximum absolute atomic E-state index is 12.9. The summed E-state index contributed by atoms with van der Waals surface area (Å²) in [7, 11) is 0. The van der Waals surface area contributed by atoms with Crippen LogP contribution < -0.4 is 0 Å². The number of pyridine rings is 1. The second-order valence-corrected chi connectivity index (χ2v) is 6.13. The molecule has 122 valence electrons. The Bertz CT molecular complexity index is 720. The quantitative estimate of drug-likeness (QED) is 0.853. The Morgan fingerprint density at radius 2 is 1.91 bits per heavy atom. The van der Waals surface area contributed by atoms with E-state index < -0.39 is 0 Å². The molecule has 1 aliphatic carbocycles. The molecule has 23 heavy (non-hydrogen) atoms. The van der Waals surface area contributed by atoms with Crippen molar-refractivity contribution in [2.75, 3.05) is 26.3 Å². The van der Waals surface area contributed by atoms with Crippen LogP contribution >= 0.6 is 0 Å². The van der Waals surface area contributed by atoms with Crippen molar-refractivity contribution in [1.82, 2.24) is 9.88 Å². The van der Waals surface area contributed by atoms with E-state index in [1.165, 1.54) is 4.90 Å². The molecule has 1 heterocycles. The number of benzene rings is 1. The molecule has 5 nitrogen and oxygen atoms in total. The van der Waals surface area contributed by atoms with E-state index in [0.717, 1.165) is 35.0 Å². The lowest BCUT2D eigenvalue weighted by molar-refractivity contribution is 0.0686. The summed E-state index contributed by atoms with van der Waals surface area (Å²) >= 11 is 0. The maximum Gasteiger partial charge on any atom is 0.254 e. The van der Waals surface area contributed by atoms with Crippen molar-refractivity contribution >= 4 is 16.8 Å². The largest absolute Gasteiger partial charge is 0.395 e. The first kappa shape index (κ1) is 15.9. The van der Waals surface area contributed by atoms with Gasteiger partial charge in [-0.1, -0.05) is 11.6 Å². The molecule has 0 spiro atoms. The number of nitrogens with zero attached hydrogens (tertiary/aromatic N) is 2. The van der Waals surface area contributed by atoms with E-state index in [2.05, 4.69) is 0 Å². The fourth-order valence-electron chi connectivity index (χ4n) is 2.85. The Hall–Kier alpha value is -1.98. The van der Waals surface area contributed by atoms with Crippen LogP contribution in [-0.2, 0) is 0 Å². The van der Waals surface area contributed by atoms with Crippen molar-refractivity contribution in [3.8, 4) is 0 Å². The first-order chi connectivity index (χ1) is 11.1. The molecule has 0 atom stereocenters. The highest BCUT2D eigenvalue weighted by molar-refractivity contribution is 6.06. The molecular formula is C18H22N2O3. The van der Waals surface area contributed by atoms with Gasteiger partial charge in [-0.15, -0.1) is 0 Å². The van der Waals surface area contributed by atoms with E-state index in [0.29, 0.717) is 11.5 Å². The number of hydrogen-bond donors (Lipinski definition) is 2. The predicted octanol–water partition coefficient (Wildman–Crippen LogP) is 1.85. The highest BCUT2D eigenvalue weighted by Gasteiger charge is 2.28. The average Bonchev–Trinajstić information content (AvgIpc) is 3.38. The molecule has 0 aliphatic heterocycles. The Morgan fingerprint density at radius 3 is 2.52 bits per heavy atom. The summed E-state index contributed by atoms with van der Waals surface area (Å²) in [5.41, 5.74) is 3.49. The van der Waals surface area contributed by atoms with Gasteiger partial charge < -0.3 is 15.1 Å². The zero-order valence-corrected chi connectivity index (χ0v) is 13.3. The van der Waals surface area contributed by atoms with E-state index >= 15 is 0 Å². The van der Waals surface area contributed by atoms with E-state index in [-0.39, 0.29) is 32.2 Å². The van der Waals surface area contributed by atoms with Gasteiger partial charge in [-0.25, -0.2) is 0 Å². The van der Waals surface area contributed by atoms with Crippen LogP contribution in [0.5, 0.6) is 0 Å². The van der Waals surface area contributed by atoms with Crippen LogP contribution in [0.25, 0.3) is 10.9 Å². The monoisotopic (exact) mass is 314 g/mol. The lowest BCUT2D eigenvalue weighted by atomic mass is 10.0. The number of rotatable bonds is 6. The normalized spacial score (nSPS) is 14.2. The van der Waals surface area contributed by atoms with Crippen molar-refractivity contribution in [1.29, 1.82) is 0 Å². The van der Waals surface area contributed by atoms with Crippen LogP contribution in [0.3, 0.4) is 0 Å². The van der Waals surface area contributed by atoms with Crippen LogP contribution in [-0.4, -0.2) is 52.3 Å². The number of hydrogen-bond acceptors (Lipinski definition) is 4. The van der Waals surface area contributed by atoms with Crippen molar-refractivity contribution in [3.05, 3.63) is 41.1 Å². The standard InChI is InChI=1S/C18H22N2O3/c1-12-2-5-16-14(10-12)15(11-17(19-16)13-3-4-13)18(23)20(6-8-21)7-9-22/h2,5,10-11,13,21-22H,3-4,6-9H2,1H3. The molecule has 0 saturated heterocycles. The minimum Gasteiger partial charge on any atom is -0.395 e. The molecule has 5 heteroatoms. The molecule has 1 aliphatic rings. The summed E-state index contributed by atoms with van der Waals surface area (Å²) in [6.45, 7) is 2.18. The molecule has 1 aromatic heterocycles. The summed E-state index contributed by atoms with van der Waals surface area (Å²) in [5, 5.41) is 19.2. The van der Waals surface area contributed by atoms with Gasteiger partial charge in [0.25, 0.3) is 5.91 Å². The third-order valence-electron chi connectivity index (χ3n) is 4.24. The maximum atomic E-state index is 12.9. The minimum absolute atomic E-state index is 0.122. The first-order valence-corrected chi connectivity index (χ1v) is 8.06. The molecule has 0 unspecified atom stereocenters. The fourth-order valence-corrected chi connectivity index (χ4v) is 2.85. The lowest BCUT2D eigenvalue weighted by Gasteiger charge is -2.22. The number of carbonyl (C=O) groups excluding carboxylic acids is 1. The molecule has 2 N–H and O–H groups in total. The molecule has 0 bridgehead atoms. The van der Waals surface area contributed by atoms with Crippen molar-refractivity contribution in [2.24, 2.45) is 0 Å². The second-order valence-electron chi connectivity index (χ2n) is 6.13.